The fourth-order valence-electron chi connectivity index (χ4n) is 2.57. The molecule has 1 saturated heterocycles. The number of ether oxygens (including phenoxy) is 1. The number of rotatable bonds is 5. The molecule has 1 aromatic heterocycles. The number of nitrogens with zero attached hydrogens (tertiary/aromatic N) is 2. The van der Waals surface area contributed by atoms with Crippen molar-refractivity contribution in [3.05, 3.63) is 23.9 Å². The number of nitrogens with one attached hydrogen (secondary N) is 1. The Labute approximate surface area is 114 Å². The first-order chi connectivity index (χ1) is 9.26. The second kappa shape index (κ2) is 6.52. The molecule has 2 heterocycles. The topological polar surface area (TPSA) is 54.5 Å². The molecule has 0 aromatic carbocycles. The summed E-state index contributed by atoms with van der Waals surface area (Å²) < 4.78 is 5.10. The van der Waals surface area contributed by atoms with Crippen molar-refractivity contribution in [3.8, 4) is 5.88 Å². The summed E-state index contributed by atoms with van der Waals surface area (Å²) in [6, 6.07) is 3.93. The predicted molar refractivity (Wildman–Crippen MR) is 73.4 cm³/mol. The molecule has 0 bridgehead atoms. The molecule has 1 amide bonds. The van der Waals surface area contributed by atoms with Crippen LogP contribution in [0.15, 0.2) is 18.3 Å². The lowest BCUT2D eigenvalue weighted by molar-refractivity contribution is 0.0937. The first kappa shape index (κ1) is 13.8. The van der Waals surface area contributed by atoms with Crippen molar-refractivity contribution in [1.82, 2.24) is 15.2 Å². The minimum Gasteiger partial charge on any atom is -0.480 e. The van der Waals surface area contributed by atoms with Gasteiger partial charge in [-0.15, -0.1) is 0 Å². The van der Waals surface area contributed by atoms with E-state index in [1.807, 2.05) is 0 Å². The number of hydrogen-bond acceptors (Lipinski definition) is 4. The summed E-state index contributed by atoms with van der Waals surface area (Å²) in [4.78, 5) is 18.6. The Kier molecular flexibility index (Phi) is 4.74. The second-order valence-electron chi connectivity index (χ2n) is 4.69. The SMILES string of the molecule is CCN1CCC[C@H]1CNC(=O)c1cccnc1OC. The van der Waals surface area contributed by atoms with Crippen LogP contribution in [0, 0.1) is 0 Å². The average molecular weight is 263 g/mol. The number of likely N-dealkylation sites (tertiary alicyclic amines) is 1. The first-order valence-electron chi connectivity index (χ1n) is 6.77. The molecule has 5 heteroatoms. The van der Waals surface area contributed by atoms with Gasteiger partial charge in [0.05, 0.1) is 7.11 Å². The van der Waals surface area contributed by atoms with E-state index in [9.17, 15) is 4.79 Å². The molecule has 19 heavy (non-hydrogen) atoms. The molecule has 0 aliphatic carbocycles. The van der Waals surface area contributed by atoms with Gasteiger partial charge in [-0.1, -0.05) is 6.92 Å². The van der Waals surface area contributed by atoms with Crippen LogP contribution in [0.25, 0.3) is 0 Å². The van der Waals surface area contributed by atoms with Gasteiger partial charge in [0.15, 0.2) is 0 Å². The van der Waals surface area contributed by atoms with Gasteiger partial charge in [0, 0.05) is 18.8 Å². The summed E-state index contributed by atoms with van der Waals surface area (Å²) in [5, 5.41) is 2.98. The van der Waals surface area contributed by atoms with Crippen LogP contribution >= 0.6 is 0 Å². The zero-order valence-corrected chi connectivity index (χ0v) is 11.6. The number of carbonyl (C=O) groups is 1. The number of hydrogen-bond donors (Lipinski definition) is 1. The quantitative estimate of drug-likeness (QED) is 0.870. The number of aromatic nitrogens is 1. The van der Waals surface area contributed by atoms with E-state index in [4.69, 9.17) is 4.74 Å². The first-order valence-corrected chi connectivity index (χ1v) is 6.77. The van der Waals surface area contributed by atoms with Crippen molar-refractivity contribution in [1.29, 1.82) is 0 Å². The van der Waals surface area contributed by atoms with E-state index in [-0.39, 0.29) is 5.91 Å². The largest absolute Gasteiger partial charge is 0.480 e. The minimum absolute atomic E-state index is 0.118. The second-order valence-corrected chi connectivity index (χ2v) is 4.69. The molecule has 2 rings (SSSR count). The third-order valence-electron chi connectivity index (χ3n) is 3.61. The van der Waals surface area contributed by atoms with Crippen LogP contribution in [-0.2, 0) is 0 Å². The molecule has 1 N–H and O–H groups in total. The minimum atomic E-state index is -0.118. The third kappa shape index (κ3) is 3.23. The molecular formula is C14H21N3O2. The van der Waals surface area contributed by atoms with Crippen LogP contribution in [-0.4, -0.2) is 48.6 Å². The molecular weight excluding hydrogens is 242 g/mol. The highest BCUT2D eigenvalue weighted by Gasteiger charge is 2.23. The fourth-order valence-corrected chi connectivity index (χ4v) is 2.57. The molecule has 0 saturated carbocycles. The summed E-state index contributed by atoms with van der Waals surface area (Å²) in [6.07, 6.45) is 3.98. The Hall–Kier alpha value is -1.62. The number of amides is 1. The summed E-state index contributed by atoms with van der Waals surface area (Å²) in [7, 11) is 1.52. The Morgan fingerprint density at radius 1 is 1.63 bits per heavy atom. The van der Waals surface area contributed by atoms with Crippen molar-refractivity contribution < 1.29 is 9.53 Å². The van der Waals surface area contributed by atoms with Crippen molar-refractivity contribution in [2.75, 3.05) is 26.7 Å². The molecule has 1 aromatic rings. The van der Waals surface area contributed by atoms with Crippen molar-refractivity contribution in [2.24, 2.45) is 0 Å². The van der Waals surface area contributed by atoms with Crippen molar-refractivity contribution in [2.45, 2.75) is 25.8 Å². The molecule has 104 valence electrons. The highest BCUT2D eigenvalue weighted by Crippen LogP contribution is 2.17. The number of pyridine rings is 1. The number of carbonyl (C=O) groups excluding carboxylic acids is 1. The zero-order chi connectivity index (χ0) is 13.7. The Balaban J connectivity index is 1.94. The van der Waals surface area contributed by atoms with Gasteiger partial charge in [0.1, 0.15) is 5.56 Å². The normalized spacial score (nSPS) is 19.4. The molecule has 0 radical (unpaired) electrons. The van der Waals surface area contributed by atoms with E-state index < -0.39 is 0 Å². The van der Waals surface area contributed by atoms with Gasteiger partial charge in [-0.3, -0.25) is 9.69 Å². The summed E-state index contributed by atoms with van der Waals surface area (Å²) in [6.45, 7) is 5.01. The van der Waals surface area contributed by atoms with E-state index >= 15 is 0 Å². The molecule has 1 aliphatic heterocycles. The molecule has 0 spiro atoms. The standard InChI is InChI=1S/C14H21N3O2/c1-3-17-9-5-6-11(17)10-16-13(18)12-7-4-8-15-14(12)19-2/h4,7-8,11H,3,5-6,9-10H2,1-2H3,(H,16,18)/t11-/m0/s1. The molecule has 1 fully saturated rings. The lowest BCUT2D eigenvalue weighted by Gasteiger charge is -2.22. The van der Waals surface area contributed by atoms with Gasteiger partial charge in [-0.25, -0.2) is 4.98 Å². The van der Waals surface area contributed by atoms with E-state index in [0.29, 0.717) is 24.0 Å². The Morgan fingerprint density at radius 3 is 3.21 bits per heavy atom. The van der Waals surface area contributed by atoms with Crippen LogP contribution in [0.4, 0.5) is 0 Å². The molecule has 5 nitrogen and oxygen atoms in total. The summed E-state index contributed by atoms with van der Waals surface area (Å²) in [5.74, 6) is 0.256. The highest BCUT2D eigenvalue weighted by atomic mass is 16.5. The number of likely N-dealkylation sites (N-methyl/N-ethyl adjacent to an activating group) is 1. The van der Waals surface area contributed by atoms with E-state index in [2.05, 4.69) is 22.1 Å². The van der Waals surface area contributed by atoms with Crippen molar-refractivity contribution >= 4 is 5.91 Å². The van der Waals surface area contributed by atoms with Gasteiger partial charge >= 0.3 is 0 Å². The maximum atomic E-state index is 12.1. The van der Waals surface area contributed by atoms with E-state index in [1.54, 1.807) is 18.3 Å². The number of methoxy groups -OCH3 is 1. The molecule has 1 aliphatic rings. The van der Waals surface area contributed by atoms with E-state index in [0.717, 1.165) is 19.5 Å². The van der Waals surface area contributed by atoms with Crippen LogP contribution in [0.5, 0.6) is 5.88 Å². The predicted octanol–water partition coefficient (Wildman–Crippen LogP) is 1.30. The molecule has 0 unspecified atom stereocenters. The highest BCUT2D eigenvalue weighted by molar-refractivity contribution is 5.96. The lowest BCUT2D eigenvalue weighted by Crippen LogP contribution is -2.40. The van der Waals surface area contributed by atoms with Crippen LogP contribution < -0.4 is 10.1 Å². The zero-order valence-electron chi connectivity index (χ0n) is 11.6. The summed E-state index contributed by atoms with van der Waals surface area (Å²) in [5.41, 5.74) is 0.492. The van der Waals surface area contributed by atoms with Crippen LogP contribution in [0.2, 0.25) is 0 Å². The van der Waals surface area contributed by atoms with E-state index in [1.165, 1.54) is 13.5 Å². The average Bonchev–Trinajstić information content (AvgIpc) is 2.92. The summed E-state index contributed by atoms with van der Waals surface area (Å²) >= 11 is 0. The van der Waals surface area contributed by atoms with Crippen molar-refractivity contribution in [3.63, 3.8) is 0 Å². The van der Waals surface area contributed by atoms with Gasteiger partial charge in [-0.05, 0) is 38.1 Å². The third-order valence-corrected chi connectivity index (χ3v) is 3.61. The fraction of sp³-hybridized carbons (Fsp3) is 0.571. The molecule has 1 atom stereocenters. The van der Waals surface area contributed by atoms with Gasteiger partial charge in [0.25, 0.3) is 5.91 Å². The Morgan fingerprint density at radius 2 is 2.47 bits per heavy atom. The lowest BCUT2D eigenvalue weighted by atomic mass is 10.2. The van der Waals surface area contributed by atoms with Gasteiger partial charge < -0.3 is 10.1 Å². The maximum absolute atomic E-state index is 12.1. The Bertz CT molecular complexity index is 436. The smallest absolute Gasteiger partial charge is 0.256 e. The van der Waals surface area contributed by atoms with Crippen LogP contribution in [0.1, 0.15) is 30.1 Å². The van der Waals surface area contributed by atoms with Gasteiger partial charge in [-0.2, -0.15) is 0 Å². The monoisotopic (exact) mass is 263 g/mol. The van der Waals surface area contributed by atoms with Crippen LogP contribution in [0.3, 0.4) is 0 Å². The maximum Gasteiger partial charge on any atom is 0.256 e. The van der Waals surface area contributed by atoms with Gasteiger partial charge in [0.2, 0.25) is 5.88 Å².